The van der Waals surface area contributed by atoms with Gasteiger partial charge in [0.2, 0.25) is 23.6 Å². The molecule has 0 heterocycles. The summed E-state index contributed by atoms with van der Waals surface area (Å²) in [6.45, 7) is 7.65. The van der Waals surface area contributed by atoms with E-state index in [1.807, 2.05) is 13.8 Å². The van der Waals surface area contributed by atoms with Crippen molar-refractivity contribution in [2.45, 2.75) is 90.4 Å². The molecule has 0 fully saturated rings. The Morgan fingerprint density at radius 2 is 1.41 bits per heavy atom. The fourth-order valence-corrected chi connectivity index (χ4v) is 3.25. The summed E-state index contributed by atoms with van der Waals surface area (Å²) in [7, 11) is 0. The molecule has 196 valence electrons. The summed E-state index contributed by atoms with van der Waals surface area (Å²) in [6.07, 6.45) is 1.56. The second-order valence-corrected chi connectivity index (χ2v) is 9.22. The molecule has 0 radical (unpaired) electrons. The molecule has 12 heteroatoms. The first-order valence-corrected chi connectivity index (χ1v) is 11.7. The molecule has 0 aliphatic heterocycles. The highest BCUT2D eigenvalue weighted by Gasteiger charge is 2.31. The molecule has 34 heavy (non-hydrogen) atoms. The van der Waals surface area contributed by atoms with Gasteiger partial charge in [-0.05, 0) is 50.5 Å². The molecule has 4 unspecified atom stereocenters. The molecule has 0 aliphatic rings. The number of carboxylic acids is 1. The smallest absolute Gasteiger partial charge is 0.326 e. The number of unbranched alkanes of at least 4 members (excludes halogenated alkanes) is 1. The van der Waals surface area contributed by atoms with Gasteiger partial charge in [0.1, 0.15) is 18.1 Å². The number of carboxylic acid groups (broad SMARTS) is 1. The average molecular weight is 487 g/mol. The summed E-state index contributed by atoms with van der Waals surface area (Å²) >= 11 is 0. The Morgan fingerprint density at radius 3 is 1.88 bits per heavy atom. The van der Waals surface area contributed by atoms with Crippen LogP contribution >= 0.6 is 0 Å². The van der Waals surface area contributed by atoms with Crippen molar-refractivity contribution in [1.29, 1.82) is 0 Å². The third-order valence-corrected chi connectivity index (χ3v) is 5.18. The molecule has 0 aromatic carbocycles. The van der Waals surface area contributed by atoms with Crippen molar-refractivity contribution in [3.05, 3.63) is 0 Å². The van der Waals surface area contributed by atoms with Crippen molar-refractivity contribution >= 4 is 29.6 Å². The Morgan fingerprint density at radius 1 is 0.824 bits per heavy atom. The van der Waals surface area contributed by atoms with Gasteiger partial charge in [-0.1, -0.05) is 27.7 Å². The second kappa shape index (κ2) is 16.0. The Hall–Kier alpha value is -2.73. The first-order chi connectivity index (χ1) is 15.8. The van der Waals surface area contributed by atoms with E-state index in [1.54, 1.807) is 13.8 Å². The van der Waals surface area contributed by atoms with E-state index in [0.717, 1.165) is 0 Å². The molecule has 0 rings (SSSR count). The fourth-order valence-electron chi connectivity index (χ4n) is 3.25. The molecule has 0 saturated heterocycles. The summed E-state index contributed by atoms with van der Waals surface area (Å²) in [5.41, 5.74) is 16.5. The number of amides is 4. The molecule has 4 atom stereocenters. The number of carbonyl (C=O) groups excluding carboxylic acids is 4. The molecule has 12 nitrogen and oxygen atoms in total. The Kier molecular flexibility index (Phi) is 14.7. The number of primary amides is 1. The zero-order chi connectivity index (χ0) is 26.4. The van der Waals surface area contributed by atoms with E-state index in [1.165, 1.54) is 0 Å². The van der Waals surface area contributed by atoms with Crippen molar-refractivity contribution in [1.82, 2.24) is 16.0 Å². The molecule has 0 aliphatic carbocycles. The van der Waals surface area contributed by atoms with Gasteiger partial charge in [0.05, 0.1) is 6.04 Å². The van der Waals surface area contributed by atoms with Gasteiger partial charge in [0.15, 0.2) is 0 Å². The standard InChI is InChI=1S/C22H42N6O6/c1-12(2)11-14(24)19(30)26-15(7-5-6-10-23)20(31)28-18(13(3)4)21(32)27-16(22(33)34)8-9-17(25)29/h12-16,18H,5-11,23-24H2,1-4H3,(H2,25,29)(H,26,30)(H,27,32)(H,28,31)(H,33,34). The lowest BCUT2D eigenvalue weighted by Gasteiger charge is -2.27. The number of nitrogens with two attached hydrogens (primary N) is 3. The fraction of sp³-hybridized carbons (Fsp3) is 0.773. The van der Waals surface area contributed by atoms with Gasteiger partial charge < -0.3 is 38.3 Å². The van der Waals surface area contributed by atoms with Crippen LogP contribution in [0.5, 0.6) is 0 Å². The number of hydrogen-bond donors (Lipinski definition) is 7. The van der Waals surface area contributed by atoms with Crippen LogP contribution in [0.3, 0.4) is 0 Å². The Balaban J connectivity index is 5.42. The molecule has 4 amide bonds. The van der Waals surface area contributed by atoms with Crippen LogP contribution in [0.4, 0.5) is 0 Å². The van der Waals surface area contributed by atoms with Gasteiger partial charge in [0, 0.05) is 6.42 Å². The SMILES string of the molecule is CC(C)CC(N)C(=O)NC(CCCCN)C(=O)NC(C(=O)NC(CCC(N)=O)C(=O)O)C(C)C. The minimum atomic E-state index is -1.34. The average Bonchev–Trinajstić information content (AvgIpc) is 2.72. The summed E-state index contributed by atoms with van der Waals surface area (Å²) in [5.74, 6) is -3.99. The maximum atomic E-state index is 13.0. The summed E-state index contributed by atoms with van der Waals surface area (Å²) in [5, 5.41) is 17.0. The van der Waals surface area contributed by atoms with E-state index in [9.17, 15) is 29.1 Å². The number of hydrogen-bond acceptors (Lipinski definition) is 7. The topological polar surface area (TPSA) is 220 Å². The van der Waals surface area contributed by atoms with Gasteiger partial charge in [0.25, 0.3) is 0 Å². The molecular weight excluding hydrogens is 444 g/mol. The predicted molar refractivity (Wildman–Crippen MR) is 127 cm³/mol. The van der Waals surface area contributed by atoms with Crippen LogP contribution in [-0.4, -0.2) is 65.4 Å². The van der Waals surface area contributed by atoms with Crippen molar-refractivity contribution in [2.24, 2.45) is 29.0 Å². The van der Waals surface area contributed by atoms with Gasteiger partial charge in [-0.3, -0.25) is 19.2 Å². The summed E-state index contributed by atoms with van der Waals surface area (Å²) in [4.78, 5) is 60.7. The molecule has 0 saturated carbocycles. The van der Waals surface area contributed by atoms with Crippen LogP contribution in [0.25, 0.3) is 0 Å². The molecule has 0 spiro atoms. The van der Waals surface area contributed by atoms with E-state index in [4.69, 9.17) is 17.2 Å². The van der Waals surface area contributed by atoms with E-state index in [0.29, 0.717) is 32.2 Å². The normalized spacial score (nSPS) is 14.7. The largest absolute Gasteiger partial charge is 0.480 e. The number of nitrogens with one attached hydrogen (secondary N) is 3. The number of rotatable bonds is 17. The van der Waals surface area contributed by atoms with E-state index in [2.05, 4.69) is 16.0 Å². The van der Waals surface area contributed by atoms with Crippen LogP contribution in [0.1, 0.15) is 66.2 Å². The molecular formula is C22H42N6O6. The number of carbonyl (C=O) groups is 5. The monoisotopic (exact) mass is 486 g/mol. The number of aliphatic carboxylic acids is 1. The first kappa shape index (κ1) is 31.3. The minimum absolute atomic E-state index is 0.180. The van der Waals surface area contributed by atoms with Gasteiger partial charge in [-0.15, -0.1) is 0 Å². The first-order valence-electron chi connectivity index (χ1n) is 11.7. The van der Waals surface area contributed by atoms with Crippen LogP contribution in [0.2, 0.25) is 0 Å². The lowest BCUT2D eigenvalue weighted by Crippen LogP contribution is -2.58. The molecule has 10 N–H and O–H groups in total. The molecule has 0 aromatic rings. The highest BCUT2D eigenvalue weighted by atomic mass is 16.4. The highest BCUT2D eigenvalue weighted by molar-refractivity contribution is 5.94. The second-order valence-electron chi connectivity index (χ2n) is 9.22. The maximum absolute atomic E-state index is 13.0. The van der Waals surface area contributed by atoms with E-state index < -0.39 is 59.7 Å². The van der Waals surface area contributed by atoms with Crippen LogP contribution in [0.15, 0.2) is 0 Å². The van der Waals surface area contributed by atoms with Crippen LogP contribution in [-0.2, 0) is 24.0 Å². The molecule has 0 aromatic heterocycles. The van der Waals surface area contributed by atoms with Gasteiger partial charge in [-0.25, -0.2) is 4.79 Å². The minimum Gasteiger partial charge on any atom is -0.480 e. The predicted octanol–water partition coefficient (Wildman–Crippen LogP) is -1.05. The third-order valence-electron chi connectivity index (χ3n) is 5.18. The summed E-state index contributed by atoms with van der Waals surface area (Å²) < 4.78 is 0. The summed E-state index contributed by atoms with van der Waals surface area (Å²) in [6, 6.07) is -4.12. The third kappa shape index (κ3) is 12.5. The Labute approximate surface area is 201 Å². The van der Waals surface area contributed by atoms with Crippen molar-refractivity contribution in [2.75, 3.05) is 6.54 Å². The van der Waals surface area contributed by atoms with Crippen LogP contribution < -0.4 is 33.2 Å². The van der Waals surface area contributed by atoms with Gasteiger partial charge in [-0.2, -0.15) is 0 Å². The zero-order valence-electron chi connectivity index (χ0n) is 20.6. The van der Waals surface area contributed by atoms with E-state index in [-0.39, 0.29) is 18.8 Å². The van der Waals surface area contributed by atoms with E-state index >= 15 is 0 Å². The molecule has 0 bridgehead atoms. The highest BCUT2D eigenvalue weighted by Crippen LogP contribution is 2.09. The maximum Gasteiger partial charge on any atom is 0.326 e. The Bertz CT molecular complexity index is 699. The quantitative estimate of drug-likeness (QED) is 0.125. The zero-order valence-corrected chi connectivity index (χ0v) is 20.6. The lowest BCUT2D eigenvalue weighted by molar-refractivity contribution is -0.143. The van der Waals surface area contributed by atoms with Crippen LogP contribution in [0, 0.1) is 11.8 Å². The van der Waals surface area contributed by atoms with Crippen molar-refractivity contribution < 1.29 is 29.1 Å². The van der Waals surface area contributed by atoms with Crippen molar-refractivity contribution in [3.63, 3.8) is 0 Å². The van der Waals surface area contributed by atoms with Crippen molar-refractivity contribution in [3.8, 4) is 0 Å². The van der Waals surface area contributed by atoms with Gasteiger partial charge >= 0.3 is 5.97 Å². The lowest BCUT2D eigenvalue weighted by atomic mass is 10.00.